The van der Waals surface area contributed by atoms with Crippen LogP contribution in [0.15, 0.2) is 42.5 Å². The first-order chi connectivity index (χ1) is 17.5. The monoisotopic (exact) mass is 569 g/mol. The van der Waals surface area contributed by atoms with Crippen molar-refractivity contribution < 1.29 is 22.7 Å². The minimum Gasteiger partial charge on any atom is -0.497 e. The Kier molecular flexibility index (Phi) is 10.1. The third-order valence-corrected chi connectivity index (χ3v) is 8.37. The van der Waals surface area contributed by atoms with Crippen molar-refractivity contribution in [1.82, 2.24) is 10.2 Å². The van der Waals surface area contributed by atoms with Crippen LogP contribution in [0.2, 0.25) is 10.0 Å². The van der Waals surface area contributed by atoms with Gasteiger partial charge in [-0.2, -0.15) is 0 Å². The SMILES string of the molecule is CC[C@H](C(=O)NC1CCCC1)N(Cc1c(Cl)cccc1Cl)C(=O)CN(c1ccc(OC)cc1)S(C)(=O)=O. The van der Waals surface area contributed by atoms with E-state index in [1.165, 1.54) is 12.0 Å². The number of anilines is 1. The molecule has 2 aromatic carbocycles. The summed E-state index contributed by atoms with van der Waals surface area (Å²) in [5.41, 5.74) is 0.789. The predicted molar refractivity (Wildman–Crippen MR) is 147 cm³/mol. The maximum absolute atomic E-state index is 13.8. The Morgan fingerprint density at radius 3 is 2.19 bits per heavy atom. The van der Waals surface area contributed by atoms with E-state index in [1.54, 1.807) is 42.5 Å². The zero-order valence-corrected chi connectivity index (χ0v) is 23.6. The zero-order valence-electron chi connectivity index (χ0n) is 21.2. The van der Waals surface area contributed by atoms with Gasteiger partial charge < -0.3 is 15.0 Å². The molecule has 8 nitrogen and oxygen atoms in total. The first-order valence-electron chi connectivity index (χ1n) is 12.2. The normalized spacial score (nSPS) is 14.7. The van der Waals surface area contributed by atoms with E-state index in [9.17, 15) is 18.0 Å². The van der Waals surface area contributed by atoms with Gasteiger partial charge in [0.25, 0.3) is 0 Å². The number of hydrogen-bond donors (Lipinski definition) is 1. The molecule has 1 atom stereocenters. The molecule has 202 valence electrons. The first-order valence-corrected chi connectivity index (χ1v) is 14.8. The summed E-state index contributed by atoms with van der Waals surface area (Å²) in [5, 5.41) is 3.77. The molecule has 0 bridgehead atoms. The maximum Gasteiger partial charge on any atom is 0.244 e. The van der Waals surface area contributed by atoms with Crippen LogP contribution in [0.5, 0.6) is 5.75 Å². The van der Waals surface area contributed by atoms with Gasteiger partial charge in [-0.05, 0) is 55.7 Å². The number of carbonyl (C=O) groups is 2. The number of ether oxygens (including phenoxy) is 1. The molecule has 0 aromatic heterocycles. The number of sulfonamides is 1. The summed E-state index contributed by atoms with van der Waals surface area (Å²) in [6, 6.07) is 10.6. The minimum absolute atomic E-state index is 0.0475. The number of halogens is 2. The molecule has 1 aliphatic carbocycles. The third-order valence-electron chi connectivity index (χ3n) is 6.52. The quantitative estimate of drug-likeness (QED) is 0.425. The number of nitrogens with zero attached hydrogens (tertiary/aromatic N) is 2. The van der Waals surface area contributed by atoms with E-state index in [-0.39, 0.29) is 18.5 Å². The summed E-state index contributed by atoms with van der Waals surface area (Å²) < 4.78 is 31.6. The highest BCUT2D eigenvalue weighted by Crippen LogP contribution is 2.28. The second kappa shape index (κ2) is 12.8. The van der Waals surface area contributed by atoms with Crippen LogP contribution in [0.25, 0.3) is 0 Å². The van der Waals surface area contributed by atoms with Crippen LogP contribution in [0.3, 0.4) is 0 Å². The van der Waals surface area contributed by atoms with E-state index in [2.05, 4.69) is 5.32 Å². The van der Waals surface area contributed by atoms with Crippen molar-refractivity contribution in [2.75, 3.05) is 24.2 Å². The van der Waals surface area contributed by atoms with E-state index in [0.717, 1.165) is 36.2 Å². The highest BCUT2D eigenvalue weighted by molar-refractivity contribution is 7.92. The van der Waals surface area contributed by atoms with Crippen LogP contribution in [-0.2, 0) is 26.2 Å². The Morgan fingerprint density at radius 2 is 1.68 bits per heavy atom. The molecule has 0 saturated heterocycles. The summed E-state index contributed by atoms with van der Waals surface area (Å²) in [4.78, 5) is 28.5. The van der Waals surface area contributed by atoms with Crippen LogP contribution >= 0.6 is 23.2 Å². The summed E-state index contributed by atoms with van der Waals surface area (Å²) in [5.74, 6) is -0.278. The average Bonchev–Trinajstić information content (AvgIpc) is 3.36. The number of hydrogen-bond acceptors (Lipinski definition) is 5. The molecular formula is C26H33Cl2N3O5S. The van der Waals surface area contributed by atoms with Gasteiger partial charge in [-0.15, -0.1) is 0 Å². The number of carbonyl (C=O) groups excluding carboxylic acids is 2. The predicted octanol–water partition coefficient (Wildman–Crippen LogP) is 4.63. The highest BCUT2D eigenvalue weighted by Gasteiger charge is 2.33. The smallest absolute Gasteiger partial charge is 0.244 e. The standard InChI is InChI=1S/C26H33Cl2N3O5S/c1-4-24(26(33)29-18-8-5-6-9-18)30(16-21-22(27)10-7-11-23(21)28)25(32)17-31(37(3,34)35)19-12-14-20(36-2)15-13-19/h7,10-15,18,24H,4-6,8-9,16-17H2,1-3H3,(H,29,33)/t24-/m1/s1. The van der Waals surface area contributed by atoms with Crippen LogP contribution in [0.1, 0.15) is 44.6 Å². The lowest BCUT2D eigenvalue weighted by atomic mass is 10.1. The van der Waals surface area contributed by atoms with E-state index >= 15 is 0 Å². The second-order valence-corrected chi connectivity index (χ2v) is 11.8. The van der Waals surface area contributed by atoms with E-state index in [4.69, 9.17) is 27.9 Å². The lowest BCUT2D eigenvalue weighted by molar-refractivity contribution is -0.140. The molecule has 0 radical (unpaired) electrons. The second-order valence-electron chi connectivity index (χ2n) is 9.10. The molecule has 0 unspecified atom stereocenters. The summed E-state index contributed by atoms with van der Waals surface area (Å²) in [7, 11) is -2.33. The minimum atomic E-state index is -3.83. The van der Waals surface area contributed by atoms with Gasteiger partial charge in [0, 0.05) is 28.2 Å². The Balaban J connectivity index is 1.96. The first kappa shape index (κ1) is 29.1. The van der Waals surface area contributed by atoms with Gasteiger partial charge in [0.2, 0.25) is 21.8 Å². The number of benzene rings is 2. The van der Waals surface area contributed by atoms with Crippen molar-refractivity contribution in [2.45, 2.75) is 57.7 Å². The van der Waals surface area contributed by atoms with Crippen LogP contribution in [0, 0.1) is 0 Å². The maximum atomic E-state index is 13.8. The van der Waals surface area contributed by atoms with Crippen molar-refractivity contribution in [2.24, 2.45) is 0 Å². The molecule has 1 saturated carbocycles. The van der Waals surface area contributed by atoms with Crippen LogP contribution in [0.4, 0.5) is 5.69 Å². The largest absolute Gasteiger partial charge is 0.497 e. The van der Waals surface area contributed by atoms with Crippen molar-refractivity contribution in [3.05, 3.63) is 58.1 Å². The molecule has 3 rings (SSSR count). The molecule has 1 N–H and O–H groups in total. The van der Waals surface area contributed by atoms with Crippen molar-refractivity contribution in [3.63, 3.8) is 0 Å². The molecular weight excluding hydrogens is 537 g/mol. The number of methoxy groups -OCH3 is 1. The van der Waals surface area contributed by atoms with Crippen LogP contribution in [-0.4, -0.2) is 57.1 Å². The number of amides is 2. The van der Waals surface area contributed by atoms with E-state index in [0.29, 0.717) is 33.5 Å². The van der Waals surface area contributed by atoms with E-state index < -0.39 is 28.5 Å². The topological polar surface area (TPSA) is 96.0 Å². The van der Waals surface area contributed by atoms with Gasteiger partial charge in [0.15, 0.2) is 0 Å². The lowest BCUT2D eigenvalue weighted by Crippen LogP contribution is -2.53. The Hall–Kier alpha value is -2.49. The molecule has 1 aliphatic rings. The molecule has 11 heteroatoms. The lowest BCUT2D eigenvalue weighted by Gasteiger charge is -2.33. The van der Waals surface area contributed by atoms with Gasteiger partial charge in [-0.25, -0.2) is 8.42 Å². The molecule has 2 amide bonds. The molecule has 0 heterocycles. The third kappa shape index (κ3) is 7.52. The molecule has 1 fully saturated rings. The van der Waals surface area contributed by atoms with Crippen molar-refractivity contribution >= 4 is 50.7 Å². The van der Waals surface area contributed by atoms with Crippen LogP contribution < -0.4 is 14.4 Å². The molecule has 0 aliphatic heterocycles. The number of rotatable bonds is 11. The van der Waals surface area contributed by atoms with Gasteiger partial charge in [0.1, 0.15) is 18.3 Å². The Labute approximate surface area is 228 Å². The van der Waals surface area contributed by atoms with Gasteiger partial charge in [-0.3, -0.25) is 13.9 Å². The van der Waals surface area contributed by atoms with Gasteiger partial charge in [0.05, 0.1) is 19.1 Å². The average molecular weight is 571 g/mol. The van der Waals surface area contributed by atoms with Gasteiger partial charge in [-0.1, -0.05) is 49.0 Å². The number of nitrogens with one attached hydrogen (secondary N) is 1. The molecule has 37 heavy (non-hydrogen) atoms. The van der Waals surface area contributed by atoms with Crippen molar-refractivity contribution in [1.29, 1.82) is 0 Å². The summed E-state index contributed by atoms with van der Waals surface area (Å²) >= 11 is 12.8. The van der Waals surface area contributed by atoms with Gasteiger partial charge >= 0.3 is 0 Å². The summed E-state index contributed by atoms with van der Waals surface area (Å²) in [6.07, 6.45) is 5.24. The fourth-order valence-electron chi connectivity index (χ4n) is 4.50. The summed E-state index contributed by atoms with van der Waals surface area (Å²) in [6.45, 7) is 1.26. The Bertz CT molecular complexity index is 1180. The molecule has 0 spiro atoms. The fourth-order valence-corrected chi connectivity index (χ4v) is 5.87. The fraction of sp³-hybridized carbons (Fsp3) is 0.462. The highest BCUT2D eigenvalue weighted by atomic mass is 35.5. The Morgan fingerprint density at radius 1 is 1.08 bits per heavy atom. The van der Waals surface area contributed by atoms with Crippen molar-refractivity contribution in [3.8, 4) is 5.75 Å². The van der Waals surface area contributed by atoms with E-state index in [1.807, 2.05) is 6.92 Å². The molecule has 2 aromatic rings. The zero-order chi connectivity index (χ0) is 27.2.